The second-order valence-electron chi connectivity index (χ2n) is 6.51. The number of hydrogen-bond acceptors (Lipinski definition) is 3. The zero-order valence-electron chi connectivity index (χ0n) is 13.0. The molecule has 1 N–H and O–H groups in total. The number of nitrogens with zero attached hydrogens (tertiary/aromatic N) is 1. The van der Waals surface area contributed by atoms with E-state index in [4.69, 9.17) is 4.74 Å². The van der Waals surface area contributed by atoms with E-state index in [0.29, 0.717) is 12.6 Å². The molecule has 0 unspecified atom stereocenters. The lowest BCUT2D eigenvalue weighted by Gasteiger charge is -2.31. The van der Waals surface area contributed by atoms with Crippen LogP contribution in [0.3, 0.4) is 0 Å². The molecule has 0 aromatic carbocycles. The highest BCUT2D eigenvalue weighted by Gasteiger charge is 2.34. The van der Waals surface area contributed by atoms with Crippen LogP contribution in [0.4, 0.5) is 4.79 Å². The molecule has 0 spiro atoms. The van der Waals surface area contributed by atoms with Gasteiger partial charge in [0.25, 0.3) is 0 Å². The molecule has 1 aliphatic heterocycles. The molecular weight excluding hydrogens is 274 g/mol. The number of ether oxygens (including phenoxy) is 1. The minimum atomic E-state index is -0.990. The smallest absolute Gasteiger partial charge is 0.411 e. The molecule has 1 atom stereocenters. The number of amides is 1. The van der Waals surface area contributed by atoms with Crippen molar-refractivity contribution in [3.63, 3.8) is 0 Å². The Balaban J connectivity index is 2.74. The summed E-state index contributed by atoms with van der Waals surface area (Å²) in [5, 5.41) is 9.46. The van der Waals surface area contributed by atoms with Crippen molar-refractivity contribution in [2.45, 2.75) is 70.3 Å². The number of carbonyl (C=O) groups is 2. The minimum absolute atomic E-state index is 0.368. The Morgan fingerprint density at radius 3 is 2.25 bits per heavy atom. The highest BCUT2D eigenvalue weighted by atomic mass is 28.3. The van der Waals surface area contributed by atoms with Crippen LogP contribution in [-0.2, 0) is 9.53 Å². The Morgan fingerprint density at radius 2 is 1.85 bits per heavy atom. The molecule has 20 heavy (non-hydrogen) atoms. The predicted molar refractivity (Wildman–Crippen MR) is 80.8 cm³/mol. The molecule has 1 rings (SSSR count). The van der Waals surface area contributed by atoms with Crippen molar-refractivity contribution in [1.82, 2.24) is 4.90 Å². The first-order chi connectivity index (χ1) is 9.24. The van der Waals surface area contributed by atoms with Crippen LogP contribution in [-0.4, -0.2) is 49.1 Å². The van der Waals surface area contributed by atoms with Crippen LogP contribution >= 0.6 is 0 Å². The lowest BCUT2D eigenvalue weighted by Crippen LogP contribution is -2.48. The Bertz CT molecular complexity index is 348. The topological polar surface area (TPSA) is 66.8 Å². The summed E-state index contributed by atoms with van der Waals surface area (Å²) in [6, 6.07) is 2.36. The van der Waals surface area contributed by atoms with Gasteiger partial charge >= 0.3 is 12.1 Å². The van der Waals surface area contributed by atoms with E-state index in [1.807, 2.05) is 0 Å². The van der Waals surface area contributed by atoms with E-state index >= 15 is 0 Å². The third kappa shape index (κ3) is 5.15. The monoisotopic (exact) mass is 301 g/mol. The van der Waals surface area contributed by atoms with Crippen molar-refractivity contribution < 1.29 is 19.4 Å². The Morgan fingerprint density at radius 1 is 1.30 bits per heavy atom. The van der Waals surface area contributed by atoms with Crippen LogP contribution in [0.25, 0.3) is 0 Å². The van der Waals surface area contributed by atoms with Crippen LogP contribution in [0.5, 0.6) is 0 Å². The zero-order valence-corrected chi connectivity index (χ0v) is 14.2. The number of carbonyl (C=O) groups excluding carboxylic acids is 1. The molecule has 6 heteroatoms. The van der Waals surface area contributed by atoms with E-state index in [0.717, 1.165) is 0 Å². The van der Waals surface area contributed by atoms with Crippen LogP contribution in [0, 0.1) is 0 Å². The van der Waals surface area contributed by atoms with Crippen molar-refractivity contribution in [3.05, 3.63) is 0 Å². The number of likely N-dealkylation sites (N-methyl/N-ethyl adjacent to an activating group) is 1. The molecule has 0 aromatic rings. The highest BCUT2D eigenvalue weighted by Crippen LogP contribution is 2.25. The minimum Gasteiger partial charge on any atom is -0.480 e. The van der Waals surface area contributed by atoms with Gasteiger partial charge in [-0.15, -0.1) is 0 Å². The first-order valence-electron chi connectivity index (χ1n) is 7.47. The third-order valence-corrected chi connectivity index (χ3v) is 7.22. The van der Waals surface area contributed by atoms with Gasteiger partial charge < -0.3 is 9.84 Å². The molecule has 0 aliphatic carbocycles. The molecule has 0 aromatic heterocycles. The third-order valence-electron chi connectivity index (χ3n) is 3.66. The van der Waals surface area contributed by atoms with Gasteiger partial charge in [0, 0.05) is 15.3 Å². The lowest BCUT2D eigenvalue weighted by molar-refractivity contribution is -0.142. The summed E-state index contributed by atoms with van der Waals surface area (Å²) in [7, 11) is -0.990. The highest BCUT2D eigenvalue weighted by molar-refractivity contribution is 6.60. The predicted octanol–water partition coefficient (Wildman–Crippen LogP) is 2.72. The van der Waals surface area contributed by atoms with Crippen LogP contribution < -0.4 is 0 Å². The average molecular weight is 301 g/mol. The van der Waals surface area contributed by atoms with Gasteiger partial charge in [-0.3, -0.25) is 4.90 Å². The summed E-state index contributed by atoms with van der Waals surface area (Å²) in [5.74, 6) is -0.905. The van der Waals surface area contributed by atoms with E-state index < -0.39 is 32.5 Å². The van der Waals surface area contributed by atoms with E-state index in [1.54, 1.807) is 27.7 Å². The molecular formula is C14H27NO4Si. The molecule has 1 saturated heterocycles. The maximum absolute atomic E-state index is 12.2. The molecule has 1 aliphatic rings. The first kappa shape index (κ1) is 17.0. The summed E-state index contributed by atoms with van der Waals surface area (Å²) in [4.78, 5) is 25.1. The van der Waals surface area contributed by atoms with Gasteiger partial charge in [-0.1, -0.05) is 24.9 Å². The SMILES string of the molecule is CCN(C(=O)OC(C)(C)C)[C@@H](C[SiH]1CCCC1)C(=O)O. The van der Waals surface area contributed by atoms with Gasteiger partial charge in [-0.25, -0.2) is 9.59 Å². The van der Waals surface area contributed by atoms with Gasteiger partial charge in [0.05, 0.1) is 0 Å². The molecule has 1 heterocycles. The number of hydrogen-bond donors (Lipinski definition) is 1. The van der Waals surface area contributed by atoms with Crippen molar-refractivity contribution in [1.29, 1.82) is 0 Å². The molecule has 5 nitrogen and oxygen atoms in total. The van der Waals surface area contributed by atoms with Gasteiger partial charge in [-0.2, -0.15) is 0 Å². The fourth-order valence-electron chi connectivity index (χ4n) is 2.72. The molecule has 1 fully saturated rings. The fourth-order valence-corrected chi connectivity index (χ4v) is 6.30. The Hall–Kier alpha value is -1.04. The van der Waals surface area contributed by atoms with E-state index in [2.05, 4.69) is 0 Å². The number of carboxylic acids is 1. The molecule has 116 valence electrons. The molecule has 0 radical (unpaired) electrons. The fraction of sp³-hybridized carbons (Fsp3) is 0.857. The van der Waals surface area contributed by atoms with Crippen LogP contribution in [0.15, 0.2) is 0 Å². The normalized spacial score (nSPS) is 17.8. The summed E-state index contributed by atoms with van der Waals surface area (Å²) < 4.78 is 5.33. The molecule has 0 saturated carbocycles. The second-order valence-corrected chi connectivity index (χ2v) is 9.86. The Labute approximate surface area is 122 Å². The first-order valence-corrected chi connectivity index (χ1v) is 9.92. The van der Waals surface area contributed by atoms with Crippen LogP contribution in [0.1, 0.15) is 40.5 Å². The lowest BCUT2D eigenvalue weighted by atomic mass is 10.2. The molecule has 0 bridgehead atoms. The van der Waals surface area contributed by atoms with Gasteiger partial charge in [-0.05, 0) is 33.7 Å². The van der Waals surface area contributed by atoms with Crippen molar-refractivity contribution in [2.24, 2.45) is 0 Å². The van der Waals surface area contributed by atoms with Crippen LogP contribution in [0.2, 0.25) is 18.1 Å². The van der Waals surface area contributed by atoms with Gasteiger partial charge in [0.1, 0.15) is 11.6 Å². The second kappa shape index (κ2) is 7.11. The summed E-state index contributed by atoms with van der Waals surface area (Å²) >= 11 is 0. The quantitative estimate of drug-likeness (QED) is 0.793. The Kier molecular flexibility index (Phi) is 6.04. The van der Waals surface area contributed by atoms with Crippen molar-refractivity contribution in [2.75, 3.05) is 6.54 Å². The standard InChI is InChI=1S/C14H27NO4Si/c1-5-15(13(18)19-14(2,3)4)11(12(16)17)10-20-8-6-7-9-20/h11,20H,5-10H2,1-4H3,(H,16,17)/t11-/m0/s1. The van der Waals surface area contributed by atoms with Gasteiger partial charge in [0.2, 0.25) is 0 Å². The van der Waals surface area contributed by atoms with Crippen molar-refractivity contribution in [3.8, 4) is 0 Å². The maximum Gasteiger partial charge on any atom is 0.411 e. The summed E-state index contributed by atoms with van der Waals surface area (Å²) in [6.07, 6.45) is 1.93. The number of aliphatic carboxylic acids is 1. The number of carboxylic acid groups (broad SMARTS) is 1. The van der Waals surface area contributed by atoms with Gasteiger partial charge in [0.15, 0.2) is 0 Å². The van der Waals surface area contributed by atoms with E-state index in [-0.39, 0.29) is 0 Å². The molecule has 1 amide bonds. The summed E-state index contributed by atoms with van der Waals surface area (Å²) in [5.41, 5.74) is -0.599. The average Bonchev–Trinajstić information content (AvgIpc) is 2.78. The zero-order chi connectivity index (χ0) is 15.3. The van der Waals surface area contributed by atoms with Crippen molar-refractivity contribution >= 4 is 20.9 Å². The van der Waals surface area contributed by atoms with E-state index in [1.165, 1.54) is 29.8 Å². The largest absolute Gasteiger partial charge is 0.480 e. The number of rotatable bonds is 5. The summed E-state index contributed by atoms with van der Waals surface area (Å²) in [6.45, 7) is 7.55. The van der Waals surface area contributed by atoms with E-state index in [9.17, 15) is 14.7 Å². The maximum atomic E-state index is 12.2.